The van der Waals surface area contributed by atoms with E-state index in [2.05, 4.69) is 22.3 Å². The summed E-state index contributed by atoms with van der Waals surface area (Å²) in [7, 11) is -2.23. The maximum Gasteiger partial charge on any atom is 0.242 e. The number of amides is 1. The van der Waals surface area contributed by atoms with Gasteiger partial charge in [0.25, 0.3) is 0 Å². The summed E-state index contributed by atoms with van der Waals surface area (Å²) in [6.45, 7) is 3.89. The third-order valence-corrected chi connectivity index (χ3v) is 7.86. The fourth-order valence-electron chi connectivity index (χ4n) is 4.05. The first-order valence-corrected chi connectivity index (χ1v) is 13.1. The van der Waals surface area contributed by atoms with E-state index in [1.165, 1.54) is 54.7 Å². The van der Waals surface area contributed by atoms with E-state index < -0.39 is 15.8 Å². The monoisotopic (exact) mass is 475 g/mol. The van der Waals surface area contributed by atoms with Gasteiger partial charge in [-0.15, -0.1) is 0 Å². The molecule has 1 saturated heterocycles. The maximum atomic E-state index is 13.1. The number of carbonyl (C=O) groups is 1. The average Bonchev–Trinajstić information content (AvgIpc) is 3.07. The van der Waals surface area contributed by atoms with Gasteiger partial charge < -0.3 is 5.32 Å². The molecule has 0 aromatic heterocycles. The van der Waals surface area contributed by atoms with E-state index in [-0.39, 0.29) is 23.8 Å². The lowest BCUT2D eigenvalue weighted by molar-refractivity contribution is -0.121. The molecule has 2 aromatic rings. The molecule has 0 aliphatic carbocycles. The van der Waals surface area contributed by atoms with Gasteiger partial charge in [-0.2, -0.15) is 0 Å². The van der Waals surface area contributed by atoms with E-state index >= 15 is 0 Å². The molecule has 6 nitrogen and oxygen atoms in total. The summed E-state index contributed by atoms with van der Waals surface area (Å²) in [5, 5.41) is 2.93. The van der Waals surface area contributed by atoms with E-state index in [1.54, 1.807) is 0 Å². The Hall–Kier alpha value is -2.29. The van der Waals surface area contributed by atoms with Crippen molar-refractivity contribution in [1.29, 1.82) is 0 Å². The zero-order valence-corrected chi connectivity index (χ0v) is 20.1. The van der Waals surface area contributed by atoms with Gasteiger partial charge in [-0.3, -0.25) is 9.69 Å². The highest BCUT2D eigenvalue weighted by Gasteiger charge is 2.20. The van der Waals surface area contributed by atoms with Gasteiger partial charge in [-0.25, -0.2) is 17.1 Å². The molecule has 0 radical (unpaired) electrons. The molecule has 1 heterocycles. The molecule has 8 heteroatoms. The smallest absolute Gasteiger partial charge is 0.242 e. The van der Waals surface area contributed by atoms with Crippen molar-refractivity contribution in [1.82, 2.24) is 14.5 Å². The number of nitrogens with zero attached hydrogens (tertiary/aromatic N) is 2. The molecule has 180 valence electrons. The molecule has 0 bridgehead atoms. The van der Waals surface area contributed by atoms with Crippen LogP contribution in [0, 0.1) is 5.82 Å². The maximum absolute atomic E-state index is 13.1. The average molecular weight is 476 g/mol. The molecule has 0 unspecified atom stereocenters. The first-order chi connectivity index (χ1) is 15.8. The highest BCUT2D eigenvalue weighted by molar-refractivity contribution is 7.89. The summed E-state index contributed by atoms with van der Waals surface area (Å²) in [6.07, 6.45) is 5.79. The molecule has 0 saturated carbocycles. The number of nitrogens with one attached hydrogen (secondary N) is 1. The van der Waals surface area contributed by atoms with Crippen LogP contribution in [0.15, 0.2) is 53.4 Å². The minimum atomic E-state index is -3.70. The standard InChI is InChI=1S/C25H34FN3O3S/c1-28(33(31,32)24-13-11-23(26)12-14-24)15-7-10-25(30)27-19-21-8-6-9-22(18-21)20-29-16-4-2-3-5-17-29/h6,8-9,11-14,18H,2-5,7,10,15-17,19-20H2,1H3,(H,27,30). The van der Waals surface area contributed by atoms with Crippen LogP contribution in [0.4, 0.5) is 4.39 Å². The third kappa shape index (κ3) is 7.91. The van der Waals surface area contributed by atoms with Crippen molar-refractivity contribution in [3.05, 3.63) is 65.5 Å². The van der Waals surface area contributed by atoms with E-state index in [4.69, 9.17) is 0 Å². The molecule has 2 aromatic carbocycles. The van der Waals surface area contributed by atoms with Gasteiger partial charge in [0.2, 0.25) is 15.9 Å². The fourth-order valence-corrected chi connectivity index (χ4v) is 5.26. The van der Waals surface area contributed by atoms with Crippen molar-refractivity contribution < 1.29 is 17.6 Å². The lowest BCUT2D eigenvalue weighted by Gasteiger charge is -2.20. The number of rotatable bonds is 10. The van der Waals surface area contributed by atoms with Crippen LogP contribution < -0.4 is 5.32 Å². The summed E-state index contributed by atoms with van der Waals surface area (Å²) >= 11 is 0. The fraction of sp³-hybridized carbons (Fsp3) is 0.480. The number of halogens is 1. The molecular weight excluding hydrogens is 441 g/mol. The number of benzene rings is 2. The normalized spacial score (nSPS) is 15.4. The van der Waals surface area contributed by atoms with Gasteiger partial charge in [0.1, 0.15) is 5.82 Å². The second kappa shape index (κ2) is 12.3. The second-order valence-electron chi connectivity index (χ2n) is 8.67. The first-order valence-electron chi connectivity index (χ1n) is 11.6. The lowest BCUT2D eigenvalue weighted by atomic mass is 10.1. The number of sulfonamides is 1. The molecule has 1 aliphatic heterocycles. The van der Waals surface area contributed by atoms with Gasteiger partial charge >= 0.3 is 0 Å². The predicted molar refractivity (Wildman–Crippen MR) is 127 cm³/mol. The largest absolute Gasteiger partial charge is 0.352 e. The van der Waals surface area contributed by atoms with Crippen LogP contribution in [-0.4, -0.2) is 50.2 Å². The van der Waals surface area contributed by atoms with Gasteiger partial charge in [0.05, 0.1) is 4.90 Å². The van der Waals surface area contributed by atoms with E-state index in [1.807, 2.05) is 12.1 Å². The van der Waals surface area contributed by atoms with E-state index in [0.29, 0.717) is 13.0 Å². The van der Waals surface area contributed by atoms with Crippen LogP contribution in [0.1, 0.15) is 49.7 Å². The highest BCUT2D eigenvalue weighted by Crippen LogP contribution is 2.16. The Bertz CT molecular complexity index is 1000. The number of likely N-dealkylation sites (tertiary alicyclic amines) is 1. The minimum absolute atomic E-state index is 0.0379. The van der Waals surface area contributed by atoms with Gasteiger partial charge in [0.15, 0.2) is 0 Å². The minimum Gasteiger partial charge on any atom is -0.352 e. The third-order valence-electron chi connectivity index (χ3n) is 5.98. The number of hydrogen-bond donors (Lipinski definition) is 1. The zero-order chi connectivity index (χ0) is 23.7. The van der Waals surface area contributed by atoms with Crippen LogP contribution in [0.5, 0.6) is 0 Å². The Morgan fingerprint density at radius 1 is 1.03 bits per heavy atom. The van der Waals surface area contributed by atoms with Crippen molar-refractivity contribution in [2.75, 3.05) is 26.7 Å². The van der Waals surface area contributed by atoms with Crippen LogP contribution in [-0.2, 0) is 27.9 Å². The van der Waals surface area contributed by atoms with Crippen molar-refractivity contribution >= 4 is 15.9 Å². The molecule has 1 amide bonds. The van der Waals surface area contributed by atoms with Gasteiger partial charge in [-0.1, -0.05) is 37.1 Å². The van der Waals surface area contributed by atoms with Crippen LogP contribution in [0.25, 0.3) is 0 Å². The summed E-state index contributed by atoms with van der Waals surface area (Å²) in [5.74, 6) is -0.596. The van der Waals surface area contributed by atoms with Crippen molar-refractivity contribution in [2.24, 2.45) is 0 Å². The second-order valence-corrected chi connectivity index (χ2v) is 10.7. The molecule has 0 spiro atoms. The zero-order valence-electron chi connectivity index (χ0n) is 19.3. The van der Waals surface area contributed by atoms with Crippen molar-refractivity contribution in [3.63, 3.8) is 0 Å². The Morgan fingerprint density at radius 3 is 2.39 bits per heavy atom. The summed E-state index contributed by atoms with van der Waals surface area (Å²) in [5.41, 5.74) is 2.32. The number of hydrogen-bond acceptors (Lipinski definition) is 4. The topological polar surface area (TPSA) is 69.7 Å². The Balaban J connectivity index is 1.41. The Morgan fingerprint density at radius 2 is 1.70 bits per heavy atom. The lowest BCUT2D eigenvalue weighted by Crippen LogP contribution is -2.29. The van der Waals surface area contributed by atoms with Crippen LogP contribution in [0.2, 0.25) is 0 Å². The highest BCUT2D eigenvalue weighted by atomic mass is 32.2. The quantitative estimate of drug-likeness (QED) is 0.566. The van der Waals surface area contributed by atoms with E-state index in [0.717, 1.165) is 37.3 Å². The predicted octanol–water partition coefficient (Wildman–Crippen LogP) is 3.92. The summed E-state index contributed by atoms with van der Waals surface area (Å²) in [4.78, 5) is 14.8. The van der Waals surface area contributed by atoms with Gasteiger partial charge in [-0.05, 0) is 67.7 Å². The van der Waals surface area contributed by atoms with E-state index in [9.17, 15) is 17.6 Å². The molecule has 3 rings (SSSR count). The summed E-state index contributed by atoms with van der Waals surface area (Å²) < 4.78 is 39.3. The molecule has 1 N–H and O–H groups in total. The number of carbonyl (C=O) groups excluding carboxylic acids is 1. The molecule has 1 fully saturated rings. The molecule has 1 aliphatic rings. The Kier molecular flexibility index (Phi) is 9.41. The van der Waals surface area contributed by atoms with Crippen molar-refractivity contribution in [2.45, 2.75) is 56.5 Å². The Labute approximate surface area is 196 Å². The van der Waals surface area contributed by atoms with Crippen molar-refractivity contribution in [3.8, 4) is 0 Å². The molecule has 33 heavy (non-hydrogen) atoms. The summed E-state index contributed by atoms with van der Waals surface area (Å²) in [6, 6.07) is 13.1. The molecular formula is C25H34FN3O3S. The first kappa shape index (κ1) is 25.3. The van der Waals surface area contributed by atoms with Crippen LogP contribution in [0.3, 0.4) is 0 Å². The SMILES string of the molecule is CN(CCCC(=O)NCc1cccc(CN2CCCCCC2)c1)S(=O)(=O)c1ccc(F)cc1. The van der Waals surface area contributed by atoms with Gasteiger partial charge in [0, 0.05) is 33.1 Å². The van der Waals surface area contributed by atoms with Crippen LogP contribution >= 0.6 is 0 Å². The molecule has 0 atom stereocenters.